The van der Waals surface area contributed by atoms with Crippen molar-refractivity contribution in [3.05, 3.63) is 23.3 Å². The van der Waals surface area contributed by atoms with Gasteiger partial charge in [0.15, 0.2) is 0 Å². The summed E-state index contributed by atoms with van der Waals surface area (Å²) in [5.41, 5.74) is 8.11. The van der Waals surface area contributed by atoms with E-state index in [1.54, 1.807) is 0 Å². The van der Waals surface area contributed by atoms with Crippen LogP contribution in [-0.4, -0.2) is 17.3 Å². The van der Waals surface area contributed by atoms with Crippen molar-refractivity contribution in [3.8, 4) is 0 Å². The third-order valence-electron chi connectivity index (χ3n) is 4.15. The van der Waals surface area contributed by atoms with Crippen LogP contribution >= 0.6 is 0 Å². The molecular weight excluding hydrogens is 285 g/mol. The predicted octanol–water partition coefficient (Wildman–Crippen LogP) is 3.31. The molecule has 116 valence electrons. The molecule has 0 bridgehead atoms. The SMILES string of the molecule is Nc1cc(N)c(C2(C(F)(F)F)CCCCC2)c(C(=O)O)c1. The summed E-state index contributed by atoms with van der Waals surface area (Å²) >= 11 is 0. The lowest BCUT2D eigenvalue weighted by Crippen LogP contribution is -2.45. The average molecular weight is 302 g/mol. The minimum Gasteiger partial charge on any atom is -0.478 e. The average Bonchev–Trinajstić information content (AvgIpc) is 2.37. The second-order valence-electron chi connectivity index (χ2n) is 5.48. The molecular formula is C14H17F3N2O2. The van der Waals surface area contributed by atoms with Crippen molar-refractivity contribution in [1.82, 2.24) is 0 Å². The van der Waals surface area contributed by atoms with Crippen LogP contribution in [0.4, 0.5) is 24.5 Å². The second kappa shape index (κ2) is 5.13. The van der Waals surface area contributed by atoms with E-state index in [4.69, 9.17) is 11.5 Å². The van der Waals surface area contributed by atoms with E-state index in [0.29, 0.717) is 19.3 Å². The van der Waals surface area contributed by atoms with Crippen molar-refractivity contribution in [2.24, 2.45) is 0 Å². The van der Waals surface area contributed by atoms with E-state index in [-0.39, 0.29) is 29.8 Å². The van der Waals surface area contributed by atoms with Gasteiger partial charge in [0.25, 0.3) is 0 Å². The van der Waals surface area contributed by atoms with Gasteiger partial charge in [-0.1, -0.05) is 19.3 Å². The van der Waals surface area contributed by atoms with E-state index < -0.39 is 23.1 Å². The molecule has 0 heterocycles. The molecule has 7 heteroatoms. The van der Waals surface area contributed by atoms with Crippen molar-refractivity contribution in [2.45, 2.75) is 43.7 Å². The van der Waals surface area contributed by atoms with Crippen molar-refractivity contribution in [2.75, 3.05) is 11.5 Å². The fourth-order valence-corrected chi connectivity index (χ4v) is 3.22. The van der Waals surface area contributed by atoms with Gasteiger partial charge in [-0.15, -0.1) is 0 Å². The lowest BCUT2D eigenvalue weighted by molar-refractivity contribution is -0.199. The Balaban J connectivity index is 2.74. The van der Waals surface area contributed by atoms with Gasteiger partial charge in [0.05, 0.1) is 11.0 Å². The number of carbonyl (C=O) groups is 1. The molecule has 0 aromatic heterocycles. The summed E-state index contributed by atoms with van der Waals surface area (Å²) in [6.45, 7) is 0. The van der Waals surface area contributed by atoms with Crippen LogP contribution in [0.25, 0.3) is 0 Å². The molecule has 0 spiro atoms. The summed E-state index contributed by atoms with van der Waals surface area (Å²) < 4.78 is 41.2. The molecule has 1 aliphatic rings. The van der Waals surface area contributed by atoms with Gasteiger partial charge in [0.1, 0.15) is 0 Å². The fraction of sp³-hybridized carbons (Fsp3) is 0.500. The predicted molar refractivity (Wildman–Crippen MR) is 73.0 cm³/mol. The number of benzene rings is 1. The molecule has 0 aliphatic heterocycles. The van der Waals surface area contributed by atoms with E-state index >= 15 is 0 Å². The lowest BCUT2D eigenvalue weighted by Gasteiger charge is -2.40. The van der Waals surface area contributed by atoms with Crippen LogP contribution in [0, 0.1) is 0 Å². The molecule has 0 amide bonds. The van der Waals surface area contributed by atoms with Gasteiger partial charge in [-0.05, 0) is 25.0 Å². The van der Waals surface area contributed by atoms with Crippen molar-refractivity contribution in [3.63, 3.8) is 0 Å². The highest BCUT2D eigenvalue weighted by molar-refractivity contribution is 5.93. The zero-order valence-electron chi connectivity index (χ0n) is 11.3. The molecule has 4 nitrogen and oxygen atoms in total. The van der Waals surface area contributed by atoms with E-state index in [1.807, 2.05) is 0 Å². The number of carboxylic acids is 1. The van der Waals surface area contributed by atoms with Gasteiger partial charge < -0.3 is 16.6 Å². The topological polar surface area (TPSA) is 89.3 Å². The van der Waals surface area contributed by atoms with Gasteiger partial charge >= 0.3 is 12.1 Å². The van der Waals surface area contributed by atoms with Gasteiger partial charge in [0, 0.05) is 16.9 Å². The highest BCUT2D eigenvalue weighted by atomic mass is 19.4. The maximum atomic E-state index is 13.7. The number of nitrogens with two attached hydrogens (primary N) is 2. The normalized spacial score (nSPS) is 18.4. The maximum absolute atomic E-state index is 13.7. The zero-order chi connectivity index (χ0) is 15.8. The van der Waals surface area contributed by atoms with Crippen LogP contribution < -0.4 is 11.5 Å². The summed E-state index contributed by atoms with van der Waals surface area (Å²) in [5, 5.41) is 9.25. The third kappa shape index (κ3) is 2.52. The van der Waals surface area contributed by atoms with E-state index in [1.165, 1.54) is 6.07 Å². The molecule has 1 fully saturated rings. The number of aromatic carboxylic acids is 1. The van der Waals surface area contributed by atoms with Gasteiger partial charge in [-0.3, -0.25) is 0 Å². The molecule has 1 aliphatic carbocycles. The summed E-state index contributed by atoms with van der Waals surface area (Å²) in [6, 6.07) is 2.25. The van der Waals surface area contributed by atoms with Crippen LogP contribution in [0.1, 0.15) is 48.0 Å². The van der Waals surface area contributed by atoms with Crippen LogP contribution in [0.15, 0.2) is 12.1 Å². The number of rotatable bonds is 2. The maximum Gasteiger partial charge on any atom is 0.398 e. The molecule has 5 N–H and O–H groups in total. The molecule has 21 heavy (non-hydrogen) atoms. The van der Waals surface area contributed by atoms with Crippen LogP contribution in [-0.2, 0) is 5.41 Å². The molecule has 0 atom stereocenters. The number of hydrogen-bond donors (Lipinski definition) is 3. The standard InChI is InChI=1S/C14H17F3N2O2/c15-14(16,17)13(4-2-1-3-5-13)11-9(12(20)21)6-8(18)7-10(11)19/h6-7H,1-5,18-19H2,(H,20,21). The van der Waals surface area contributed by atoms with Gasteiger partial charge in [0.2, 0.25) is 0 Å². The smallest absolute Gasteiger partial charge is 0.398 e. The monoisotopic (exact) mass is 302 g/mol. The molecule has 0 saturated heterocycles. The van der Waals surface area contributed by atoms with Gasteiger partial charge in [-0.25, -0.2) is 4.79 Å². The number of anilines is 2. The Morgan fingerprint density at radius 1 is 1.14 bits per heavy atom. The summed E-state index contributed by atoms with van der Waals surface area (Å²) in [6.07, 6.45) is -3.36. The minimum absolute atomic E-state index is 0.0433. The quantitative estimate of drug-likeness (QED) is 0.731. The molecule has 1 saturated carbocycles. The lowest BCUT2D eigenvalue weighted by atomic mass is 9.67. The van der Waals surface area contributed by atoms with Crippen molar-refractivity contribution >= 4 is 17.3 Å². The summed E-state index contributed by atoms with van der Waals surface area (Å²) in [5.74, 6) is -1.45. The van der Waals surface area contributed by atoms with Crippen molar-refractivity contribution in [1.29, 1.82) is 0 Å². The Morgan fingerprint density at radius 2 is 1.71 bits per heavy atom. The minimum atomic E-state index is -4.55. The Labute approximate surface area is 119 Å². The van der Waals surface area contributed by atoms with Crippen LogP contribution in [0.3, 0.4) is 0 Å². The molecule has 2 rings (SSSR count). The third-order valence-corrected chi connectivity index (χ3v) is 4.15. The highest BCUT2D eigenvalue weighted by Crippen LogP contribution is 2.53. The number of nitrogen functional groups attached to an aromatic ring is 2. The van der Waals surface area contributed by atoms with E-state index in [2.05, 4.69) is 0 Å². The van der Waals surface area contributed by atoms with E-state index in [9.17, 15) is 23.1 Å². The largest absolute Gasteiger partial charge is 0.478 e. The molecule has 1 aromatic rings. The summed E-state index contributed by atoms with van der Waals surface area (Å²) in [4.78, 5) is 11.4. The second-order valence-corrected chi connectivity index (χ2v) is 5.48. The highest BCUT2D eigenvalue weighted by Gasteiger charge is 2.57. The Hall–Kier alpha value is -1.92. The molecule has 0 unspecified atom stereocenters. The van der Waals surface area contributed by atoms with Crippen molar-refractivity contribution < 1.29 is 23.1 Å². The van der Waals surface area contributed by atoms with Gasteiger partial charge in [-0.2, -0.15) is 13.2 Å². The summed E-state index contributed by atoms with van der Waals surface area (Å²) in [7, 11) is 0. The number of hydrogen-bond acceptors (Lipinski definition) is 3. The fourth-order valence-electron chi connectivity index (χ4n) is 3.22. The first-order valence-electron chi connectivity index (χ1n) is 6.68. The number of halogens is 3. The Morgan fingerprint density at radius 3 is 2.19 bits per heavy atom. The first kappa shape index (κ1) is 15.5. The number of carboxylic acid groups (broad SMARTS) is 1. The Kier molecular flexibility index (Phi) is 3.78. The molecule has 0 radical (unpaired) electrons. The number of alkyl halides is 3. The Bertz CT molecular complexity index is 564. The van der Waals surface area contributed by atoms with Crippen LogP contribution in [0.5, 0.6) is 0 Å². The zero-order valence-corrected chi connectivity index (χ0v) is 11.3. The first-order chi connectivity index (χ1) is 9.69. The molecule has 1 aromatic carbocycles. The van der Waals surface area contributed by atoms with E-state index in [0.717, 1.165) is 6.07 Å². The van der Waals surface area contributed by atoms with Crippen LogP contribution in [0.2, 0.25) is 0 Å². The first-order valence-corrected chi connectivity index (χ1v) is 6.68.